The van der Waals surface area contributed by atoms with Crippen LogP contribution in [0, 0.1) is 0 Å². The Morgan fingerprint density at radius 3 is 2.18 bits per heavy atom. The normalized spacial score (nSPS) is 13.7. The number of rotatable bonds is 4. The highest BCUT2D eigenvalue weighted by atomic mass is 35.5. The van der Waals surface area contributed by atoms with Gasteiger partial charge in [-0.05, 0) is 26.6 Å². The van der Waals surface area contributed by atoms with Crippen molar-refractivity contribution in [3.8, 4) is 0 Å². The van der Waals surface area contributed by atoms with Crippen LogP contribution < -0.4 is 0 Å². The van der Waals surface area contributed by atoms with Gasteiger partial charge in [-0.1, -0.05) is 30.3 Å². The number of hydrogen-bond donors (Lipinski definition) is 0. The van der Waals surface area contributed by atoms with E-state index >= 15 is 0 Å². The van der Waals surface area contributed by atoms with Crippen molar-refractivity contribution in [2.24, 2.45) is 0 Å². The zero-order chi connectivity index (χ0) is 12.1. The maximum atomic E-state index is 11.1. The molecule has 0 bridgehead atoms. The predicted octanol–water partition coefficient (Wildman–Crippen LogP) is 2.66. The maximum absolute atomic E-state index is 11.1. The summed E-state index contributed by atoms with van der Waals surface area (Å²) < 4.78 is 5.38. The van der Waals surface area contributed by atoms with Crippen molar-refractivity contribution in [3.05, 3.63) is 35.9 Å². The van der Waals surface area contributed by atoms with Crippen LogP contribution >= 0.6 is 12.4 Å². The lowest BCUT2D eigenvalue weighted by Gasteiger charge is -2.29. The second kappa shape index (κ2) is 7.30. The zero-order valence-corrected chi connectivity index (χ0v) is 11.5. The van der Waals surface area contributed by atoms with Crippen LogP contribution in [0.4, 0.5) is 0 Å². The number of benzene rings is 1. The number of carbonyl (C=O) groups is 1. The largest absolute Gasteiger partial charge is 0.456 e. The van der Waals surface area contributed by atoms with Crippen molar-refractivity contribution in [3.63, 3.8) is 0 Å². The molecule has 96 valence electrons. The third kappa shape index (κ3) is 4.75. The highest BCUT2D eigenvalue weighted by Gasteiger charge is 2.23. The average Bonchev–Trinajstić information content (AvgIpc) is 2.26. The molecule has 1 rings (SSSR count). The Kier molecular flexibility index (Phi) is 6.85. The van der Waals surface area contributed by atoms with E-state index in [1.807, 2.05) is 56.3 Å². The minimum absolute atomic E-state index is 0. The van der Waals surface area contributed by atoms with Crippen molar-refractivity contribution in [2.75, 3.05) is 14.1 Å². The summed E-state index contributed by atoms with van der Waals surface area (Å²) in [6.07, 6.45) is -0.214. The van der Waals surface area contributed by atoms with Gasteiger partial charge in [0.1, 0.15) is 6.10 Å². The van der Waals surface area contributed by atoms with E-state index < -0.39 is 0 Å². The van der Waals surface area contributed by atoms with Crippen LogP contribution in [-0.4, -0.2) is 31.0 Å². The molecule has 0 fully saturated rings. The van der Waals surface area contributed by atoms with Crippen LogP contribution in [0.1, 0.15) is 25.5 Å². The molecule has 4 heteroatoms. The Hall–Kier alpha value is -1.06. The van der Waals surface area contributed by atoms with Crippen molar-refractivity contribution in [1.29, 1.82) is 0 Å². The molecule has 0 N–H and O–H groups in total. The molecule has 3 nitrogen and oxygen atoms in total. The monoisotopic (exact) mass is 257 g/mol. The minimum Gasteiger partial charge on any atom is -0.456 e. The van der Waals surface area contributed by atoms with Crippen LogP contribution in [0.5, 0.6) is 0 Å². The quantitative estimate of drug-likeness (QED) is 0.777. The summed E-state index contributed by atoms with van der Waals surface area (Å²) in [5.74, 6) is -0.248. The Balaban J connectivity index is 0.00000256. The topological polar surface area (TPSA) is 29.5 Å². The smallest absolute Gasteiger partial charge is 0.303 e. The molecule has 2 atom stereocenters. The van der Waals surface area contributed by atoms with Gasteiger partial charge in [0, 0.05) is 13.0 Å². The number of halogens is 1. The first-order valence-corrected chi connectivity index (χ1v) is 5.41. The van der Waals surface area contributed by atoms with E-state index in [-0.39, 0.29) is 30.5 Å². The number of hydrogen-bond acceptors (Lipinski definition) is 3. The fraction of sp³-hybridized carbons (Fsp3) is 0.462. The highest BCUT2D eigenvalue weighted by Crippen LogP contribution is 2.23. The molecule has 0 aromatic heterocycles. The van der Waals surface area contributed by atoms with Crippen LogP contribution in [0.15, 0.2) is 30.3 Å². The van der Waals surface area contributed by atoms with E-state index in [9.17, 15) is 4.79 Å². The van der Waals surface area contributed by atoms with Gasteiger partial charge in [0.05, 0.1) is 0 Å². The van der Waals surface area contributed by atoms with E-state index in [2.05, 4.69) is 0 Å². The van der Waals surface area contributed by atoms with Gasteiger partial charge in [0.15, 0.2) is 0 Å². The van der Waals surface area contributed by atoms with Crippen LogP contribution in [0.2, 0.25) is 0 Å². The van der Waals surface area contributed by atoms with E-state index in [1.165, 1.54) is 6.92 Å². The van der Waals surface area contributed by atoms with Crippen molar-refractivity contribution in [2.45, 2.75) is 26.0 Å². The molecule has 0 aliphatic carbocycles. The second-order valence-electron chi connectivity index (χ2n) is 4.14. The SMILES string of the molecule is CC(=O)OC(c1ccccc1)C(C)N(C)C.Cl. The summed E-state index contributed by atoms with van der Waals surface area (Å²) in [5.41, 5.74) is 1.03. The molecule has 0 aliphatic rings. The summed E-state index contributed by atoms with van der Waals surface area (Å²) >= 11 is 0. The first kappa shape index (κ1) is 15.9. The van der Waals surface area contributed by atoms with Gasteiger partial charge in [0.2, 0.25) is 0 Å². The first-order chi connectivity index (χ1) is 7.52. The highest BCUT2D eigenvalue weighted by molar-refractivity contribution is 5.85. The molecule has 17 heavy (non-hydrogen) atoms. The summed E-state index contributed by atoms with van der Waals surface area (Å²) in [5, 5.41) is 0. The third-order valence-electron chi connectivity index (χ3n) is 2.67. The molecule has 0 heterocycles. The number of carbonyl (C=O) groups excluding carboxylic acids is 1. The molecule has 0 spiro atoms. The first-order valence-electron chi connectivity index (χ1n) is 5.41. The molecule has 2 unspecified atom stereocenters. The third-order valence-corrected chi connectivity index (χ3v) is 2.67. The standard InChI is InChI=1S/C13H19NO2.ClH/c1-10(14(3)4)13(16-11(2)15)12-8-6-5-7-9-12;/h5-10,13H,1-4H3;1H. The molecular formula is C13H20ClNO2. The van der Waals surface area contributed by atoms with Crippen LogP contribution in [0.25, 0.3) is 0 Å². The van der Waals surface area contributed by atoms with Crippen molar-refractivity contribution in [1.82, 2.24) is 4.90 Å². The van der Waals surface area contributed by atoms with E-state index in [0.29, 0.717) is 0 Å². The summed E-state index contributed by atoms with van der Waals surface area (Å²) in [7, 11) is 3.95. The molecule has 0 amide bonds. The van der Waals surface area contributed by atoms with Crippen molar-refractivity contribution < 1.29 is 9.53 Å². The molecule has 0 saturated carbocycles. The van der Waals surface area contributed by atoms with Gasteiger partial charge in [-0.25, -0.2) is 0 Å². The van der Waals surface area contributed by atoms with E-state index in [4.69, 9.17) is 4.74 Å². The van der Waals surface area contributed by atoms with Gasteiger partial charge >= 0.3 is 5.97 Å². The molecule has 0 radical (unpaired) electrons. The predicted molar refractivity (Wildman–Crippen MR) is 71.3 cm³/mol. The molecule has 0 saturated heterocycles. The molecular weight excluding hydrogens is 238 g/mol. The van der Waals surface area contributed by atoms with Crippen LogP contribution in [0.3, 0.4) is 0 Å². The average molecular weight is 258 g/mol. The lowest BCUT2D eigenvalue weighted by atomic mass is 10.0. The summed E-state index contributed by atoms with van der Waals surface area (Å²) in [6, 6.07) is 9.96. The van der Waals surface area contributed by atoms with Gasteiger partial charge in [0.25, 0.3) is 0 Å². The molecule has 0 aliphatic heterocycles. The zero-order valence-electron chi connectivity index (χ0n) is 10.7. The lowest BCUT2D eigenvalue weighted by molar-refractivity contribution is -0.149. The Bertz CT molecular complexity index is 341. The fourth-order valence-corrected chi connectivity index (χ4v) is 1.54. The van der Waals surface area contributed by atoms with Gasteiger partial charge < -0.3 is 9.64 Å². The van der Waals surface area contributed by atoms with Crippen LogP contribution in [-0.2, 0) is 9.53 Å². The van der Waals surface area contributed by atoms with E-state index in [0.717, 1.165) is 5.56 Å². The number of nitrogens with zero attached hydrogens (tertiary/aromatic N) is 1. The summed E-state index contributed by atoms with van der Waals surface area (Å²) in [4.78, 5) is 13.2. The molecule has 1 aromatic rings. The number of ether oxygens (including phenoxy) is 1. The number of esters is 1. The minimum atomic E-state index is -0.248. The van der Waals surface area contributed by atoms with Gasteiger partial charge in [-0.3, -0.25) is 4.79 Å². The van der Waals surface area contributed by atoms with Gasteiger partial charge in [-0.15, -0.1) is 12.4 Å². The fourth-order valence-electron chi connectivity index (χ4n) is 1.54. The van der Waals surface area contributed by atoms with E-state index in [1.54, 1.807) is 0 Å². The summed E-state index contributed by atoms with van der Waals surface area (Å²) in [6.45, 7) is 3.49. The lowest BCUT2D eigenvalue weighted by Crippen LogP contribution is -2.33. The van der Waals surface area contributed by atoms with Gasteiger partial charge in [-0.2, -0.15) is 0 Å². The van der Waals surface area contributed by atoms with Crippen molar-refractivity contribution >= 4 is 18.4 Å². The Labute approximate surface area is 109 Å². The Morgan fingerprint density at radius 1 is 1.24 bits per heavy atom. The number of likely N-dealkylation sites (N-methyl/N-ethyl adjacent to an activating group) is 1. The maximum Gasteiger partial charge on any atom is 0.303 e. The second-order valence-corrected chi connectivity index (χ2v) is 4.14. The Morgan fingerprint density at radius 2 is 1.76 bits per heavy atom. The molecule has 1 aromatic carbocycles.